The summed E-state index contributed by atoms with van der Waals surface area (Å²) in [6, 6.07) is 14.3. The summed E-state index contributed by atoms with van der Waals surface area (Å²) in [5.41, 5.74) is 1.81. The molecule has 0 atom stereocenters. The Morgan fingerprint density at radius 1 is 1.11 bits per heavy atom. The van der Waals surface area contributed by atoms with Gasteiger partial charge in [-0.25, -0.2) is 0 Å². The van der Waals surface area contributed by atoms with Gasteiger partial charge in [0.25, 0.3) is 11.6 Å². The number of hydrogen-bond acceptors (Lipinski definition) is 6. The normalized spacial score (nSPS) is 10.3. The maximum Gasteiger partial charge on any atom is 0.288 e. The van der Waals surface area contributed by atoms with E-state index in [2.05, 4.69) is 15.5 Å². The zero-order chi connectivity index (χ0) is 19.4. The Kier molecular flexibility index (Phi) is 5.28. The van der Waals surface area contributed by atoms with E-state index in [1.807, 2.05) is 0 Å². The number of amides is 1. The summed E-state index contributed by atoms with van der Waals surface area (Å²) in [6.07, 6.45) is 0. The Hall–Kier alpha value is -3.52. The molecule has 0 aliphatic carbocycles. The number of methoxy groups -OCH3 is 1. The first kappa shape index (κ1) is 18.3. The van der Waals surface area contributed by atoms with Gasteiger partial charge >= 0.3 is 0 Å². The Bertz CT molecular complexity index is 991. The van der Waals surface area contributed by atoms with Crippen LogP contribution in [-0.2, 0) is 0 Å². The molecule has 0 saturated carbocycles. The van der Waals surface area contributed by atoms with Gasteiger partial charge in [-0.05, 0) is 30.3 Å². The molecule has 9 heteroatoms. The van der Waals surface area contributed by atoms with Crippen LogP contribution in [0.1, 0.15) is 10.4 Å². The van der Waals surface area contributed by atoms with Crippen LogP contribution in [0.25, 0.3) is 11.3 Å². The lowest BCUT2D eigenvalue weighted by Gasteiger charge is -2.07. The standard InChI is InChI=1S/C18H13ClN4O4/c1-27-17-9-8-15(21-22-17)11-2-5-13(6-3-11)20-18(24)12-4-7-14(19)16(10-12)23(25)26/h2-10H,1H3,(H,20,24). The van der Waals surface area contributed by atoms with Crippen molar-refractivity contribution in [3.63, 3.8) is 0 Å². The number of anilines is 1. The quantitative estimate of drug-likeness (QED) is 0.526. The zero-order valence-corrected chi connectivity index (χ0v) is 14.8. The molecule has 8 nitrogen and oxygen atoms in total. The lowest BCUT2D eigenvalue weighted by molar-refractivity contribution is -0.384. The van der Waals surface area contributed by atoms with Crippen molar-refractivity contribution in [1.82, 2.24) is 10.2 Å². The van der Waals surface area contributed by atoms with Crippen molar-refractivity contribution >= 4 is 28.9 Å². The van der Waals surface area contributed by atoms with E-state index in [1.54, 1.807) is 36.4 Å². The highest BCUT2D eigenvalue weighted by Crippen LogP contribution is 2.26. The number of carbonyl (C=O) groups is 1. The summed E-state index contributed by atoms with van der Waals surface area (Å²) in [5.74, 6) is -0.0635. The van der Waals surface area contributed by atoms with Crippen LogP contribution in [0.2, 0.25) is 5.02 Å². The van der Waals surface area contributed by atoms with Crippen LogP contribution in [0.4, 0.5) is 11.4 Å². The van der Waals surface area contributed by atoms with Crippen LogP contribution in [0, 0.1) is 10.1 Å². The van der Waals surface area contributed by atoms with Crippen molar-refractivity contribution in [2.24, 2.45) is 0 Å². The second kappa shape index (κ2) is 7.79. The number of nitro groups is 1. The molecule has 27 heavy (non-hydrogen) atoms. The Morgan fingerprint density at radius 3 is 2.44 bits per heavy atom. The molecule has 136 valence electrons. The molecular formula is C18H13ClN4O4. The van der Waals surface area contributed by atoms with Gasteiger partial charge in [-0.1, -0.05) is 23.7 Å². The van der Waals surface area contributed by atoms with Gasteiger partial charge in [0.15, 0.2) is 0 Å². The van der Waals surface area contributed by atoms with Crippen molar-refractivity contribution in [1.29, 1.82) is 0 Å². The molecule has 0 saturated heterocycles. The van der Waals surface area contributed by atoms with Crippen molar-refractivity contribution < 1.29 is 14.5 Å². The van der Waals surface area contributed by atoms with Gasteiger partial charge in [-0.15, -0.1) is 10.2 Å². The summed E-state index contributed by atoms with van der Waals surface area (Å²) in [4.78, 5) is 22.6. The number of nitrogens with zero attached hydrogens (tertiary/aromatic N) is 3. The third-order valence-electron chi connectivity index (χ3n) is 3.69. The van der Waals surface area contributed by atoms with Gasteiger partial charge < -0.3 is 10.1 Å². The fourth-order valence-electron chi connectivity index (χ4n) is 2.30. The summed E-state index contributed by atoms with van der Waals surface area (Å²) in [7, 11) is 1.51. The second-order valence-corrected chi connectivity index (χ2v) is 5.82. The van der Waals surface area contributed by atoms with Gasteiger partial charge in [0.05, 0.1) is 17.7 Å². The first-order chi connectivity index (χ1) is 13.0. The topological polar surface area (TPSA) is 107 Å². The monoisotopic (exact) mass is 384 g/mol. The predicted molar refractivity (Wildman–Crippen MR) is 100 cm³/mol. The van der Waals surface area contributed by atoms with Crippen LogP contribution in [-0.4, -0.2) is 28.1 Å². The smallest absolute Gasteiger partial charge is 0.288 e. The predicted octanol–water partition coefficient (Wildman–Crippen LogP) is 3.97. The maximum atomic E-state index is 12.3. The average molecular weight is 385 g/mol. The van der Waals surface area contributed by atoms with Gasteiger partial charge in [0.2, 0.25) is 5.88 Å². The fourth-order valence-corrected chi connectivity index (χ4v) is 2.49. The van der Waals surface area contributed by atoms with Gasteiger partial charge in [-0.3, -0.25) is 14.9 Å². The van der Waals surface area contributed by atoms with E-state index in [0.717, 1.165) is 11.6 Å². The fraction of sp³-hybridized carbons (Fsp3) is 0.0556. The molecule has 0 aliphatic rings. The number of nitro benzene ring substituents is 1. The number of benzene rings is 2. The number of rotatable bonds is 5. The molecule has 0 spiro atoms. The van der Waals surface area contributed by atoms with Crippen LogP contribution in [0.15, 0.2) is 54.6 Å². The molecule has 0 aliphatic heterocycles. The van der Waals surface area contributed by atoms with E-state index in [0.29, 0.717) is 17.3 Å². The second-order valence-electron chi connectivity index (χ2n) is 5.42. The molecule has 3 aromatic rings. The molecule has 0 fully saturated rings. The highest BCUT2D eigenvalue weighted by molar-refractivity contribution is 6.32. The number of carbonyl (C=O) groups excluding carboxylic acids is 1. The van der Waals surface area contributed by atoms with E-state index < -0.39 is 10.8 Å². The van der Waals surface area contributed by atoms with Crippen LogP contribution < -0.4 is 10.1 Å². The molecule has 2 aromatic carbocycles. The molecule has 1 amide bonds. The minimum atomic E-state index is -0.635. The van der Waals surface area contributed by atoms with E-state index in [-0.39, 0.29) is 16.3 Å². The molecule has 1 heterocycles. The Labute approximate surface area is 158 Å². The number of ether oxygens (including phenoxy) is 1. The molecule has 1 aromatic heterocycles. The molecule has 0 radical (unpaired) electrons. The molecule has 0 unspecified atom stereocenters. The third kappa shape index (κ3) is 4.18. The van der Waals surface area contributed by atoms with Crippen molar-refractivity contribution in [3.05, 3.63) is 75.3 Å². The summed E-state index contributed by atoms with van der Waals surface area (Å²) in [5, 5.41) is 21.6. The number of halogens is 1. The van der Waals surface area contributed by atoms with Crippen LogP contribution in [0.5, 0.6) is 5.88 Å². The Morgan fingerprint density at radius 2 is 1.85 bits per heavy atom. The molecule has 3 rings (SSSR count). The van der Waals surface area contributed by atoms with Crippen molar-refractivity contribution in [3.8, 4) is 17.1 Å². The minimum absolute atomic E-state index is 0.0264. The highest BCUT2D eigenvalue weighted by atomic mass is 35.5. The average Bonchev–Trinajstić information content (AvgIpc) is 2.68. The summed E-state index contributed by atoms with van der Waals surface area (Å²) < 4.78 is 4.97. The zero-order valence-electron chi connectivity index (χ0n) is 14.0. The van der Waals surface area contributed by atoms with Gasteiger partial charge in [0, 0.05) is 28.9 Å². The third-order valence-corrected chi connectivity index (χ3v) is 4.01. The van der Waals surface area contributed by atoms with E-state index in [4.69, 9.17) is 16.3 Å². The minimum Gasteiger partial charge on any atom is -0.480 e. The SMILES string of the molecule is COc1ccc(-c2ccc(NC(=O)c3ccc(Cl)c([N+](=O)[O-])c3)cc2)nn1. The van der Waals surface area contributed by atoms with Crippen LogP contribution >= 0.6 is 11.6 Å². The Balaban J connectivity index is 1.75. The van der Waals surface area contributed by atoms with E-state index in [9.17, 15) is 14.9 Å². The molecule has 0 bridgehead atoms. The van der Waals surface area contributed by atoms with Gasteiger partial charge in [0.1, 0.15) is 5.02 Å². The van der Waals surface area contributed by atoms with Crippen molar-refractivity contribution in [2.75, 3.05) is 12.4 Å². The number of aromatic nitrogens is 2. The lowest BCUT2D eigenvalue weighted by atomic mass is 10.1. The molecular weight excluding hydrogens is 372 g/mol. The number of nitrogens with one attached hydrogen (secondary N) is 1. The highest BCUT2D eigenvalue weighted by Gasteiger charge is 2.16. The first-order valence-electron chi connectivity index (χ1n) is 7.71. The maximum absolute atomic E-state index is 12.3. The summed E-state index contributed by atoms with van der Waals surface area (Å²) >= 11 is 5.76. The van der Waals surface area contributed by atoms with Gasteiger partial charge in [-0.2, -0.15) is 0 Å². The van der Waals surface area contributed by atoms with Crippen LogP contribution in [0.3, 0.4) is 0 Å². The van der Waals surface area contributed by atoms with E-state index >= 15 is 0 Å². The lowest BCUT2D eigenvalue weighted by Crippen LogP contribution is -2.12. The number of hydrogen-bond donors (Lipinski definition) is 1. The van der Waals surface area contributed by atoms with Crippen molar-refractivity contribution in [2.45, 2.75) is 0 Å². The first-order valence-corrected chi connectivity index (χ1v) is 8.09. The summed E-state index contributed by atoms with van der Waals surface area (Å²) in [6.45, 7) is 0. The largest absolute Gasteiger partial charge is 0.480 e. The molecule has 1 N–H and O–H groups in total. The van der Waals surface area contributed by atoms with E-state index in [1.165, 1.54) is 19.2 Å².